The van der Waals surface area contributed by atoms with Crippen molar-refractivity contribution in [2.45, 2.75) is 44.3 Å². The lowest BCUT2D eigenvalue weighted by atomic mass is 9.85. The van der Waals surface area contributed by atoms with Crippen molar-refractivity contribution in [3.63, 3.8) is 0 Å². The molecule has 5 heteroatoms. The van der Waals surface area contributed by atoms with Gasteiger partial charge in [-0.25, -0.2) is 0 Å². The Labute approximate surface area is 94.6 Å². The van der Waals surface area contributed by atoms with Gasteiger partial charge in [0.15, 0.2) is 5.82 Å². The van der Waals surface area contributed by atoms with E-state index < -0.39 is 0 Å². The first-order chi connectivity index (χ1) is 7.75. The molecule has 0 unspecified atom stereocenters. The monoisotopic (exact) mass is 223 g/mol. The number of hydrogen-bond donors (Lipinski definition) is 1. The van der Waals surface area contributed by atoms with Crippen molar-refractivity contribution >= 4 is 0 Å². The lowest BCUT2D eigenvalue weighted by molar-refractivity contribution is -0.0841. The molecule has 1 aromatic heterocycles. The summed E-state index contributed by atoms with van der Waals surface area (Å²) in [5.41, 5.74) is -0.0505. The molecule has 2 aliphatic rings. The molecule has 0 aromatic carbocycles. The van der Waals surface area contributed by atoms with E-state index in [1.807, 2.05) is 0 Å². The largest absolute Gasteiger partial charge is 0.363 e. The van der Waals surface area contributed by atoms with Crippen LogP contribution < -0.4 is 5.32 Å². The summed E-state index contributed by atoms with van der Waals surface area (Å²) < 4.78 is 10.9. The van der Waals surface area contributed by atoms with Crippen LogP contribution in [-0.2, 0) is 11.3 Å². The van der Waals surface area contributed by atoms with Crippen LogP contribution in [0.5, 0.6) is 0 Å². The average Bonchev–Trinajstić information content (AvgIpc) is 2.57. The van der Waals surface area contributed by atoms with Crippen LogP contribution in [0.4, 0.5) is 0 Å². The van der Waals surface area contributed by atoms with Gasteiger partial charge in [0.25, 0.3) is 5.89 Å². The first-order valence-electron chi connectivity index (χ1n) is 5.92. The van der Waals surface area contributed by atoms with Crippen molar-refractivity contribution in [3.05, 3.63) is 11.7 Å². The highest BCUT2D eigenvalue weighted by Crippen LogP contribution is 2.34. The predicted molar refractivity (Wildman–Crippen MR) is 57.0 cm³/mol. The molecular weight excluding hydrogens is 206 g/mol. The molecule has 1 aliphatic carbocycles. The van der Waals surface area contributed by atoms with E-state index in [2.05, 4.69) is 22.4 Å². The molecule has 0 spiro atoms. The van der Waals surface area contributed by atoms with E-state index in [1.54, 1.807) is 0 Å². The molecule has 0 bridgehead atoms. The van der Waals surface area contributed by atoms with Crippen molar-refractivity contribution in [2.24, 2.45) is 0 Å². The second-order valence-corrected chi connectivity index (χ2v) is 5.02. The van der Waals surface area contributed by atoms with Crippen molar-refractivity contribution in [1.29, 1.82) is 0 Å². The van der Waals surface area contributed by atoms with Crippen LogP contribution in [0.1, 0.15) is 43.8 Å². The summed E-state index contributed by atoms with van der Waals surface area (Å²) in [5.74, 6) is 2.00. The van der Waals surface area contributed by atoms with Crippen LogP contribution >= 0.6 is 0 Å². The van der Waals surface area contributed by atoms with E-state index >= 15 is 0 Å². The Hall–Kier alpha value is -0.940. The Kier molecular flexibility index (Phi) is 2.44. The fourth-order valence-electron chi connectivity index (χ4n) is 1.97. The number of rotatable bonds is 4. The number of aromatic nitrogens is 2. The highest BCUT2D eigenvalue weighted by atomic mass is 16.5. The molecule has 0 radical (unpaired) electrons. The summed E-state index contributed by atoms with van der Waals surface area (Å²) in [5, 5.41) is 7.19. The Bertz CT molecular complexity index is 369. The van der Waals surface area contributed by atoms with Crippen molar-refractivity contribution in [2.75, 3.05) is 13.1 Å². The van der Waals surface area contributed by atoms with E-state index in [0.29, 0.717) is 18.4 Å². The minimum atomic E-state index is -0.0505. The summed E-state index contributed by atoms with van der Waals surface area (Å²) in [6, 6.07) is 0. The number of hydrogen-bond acceptors (Lipinski definition) is 5. The molecule has 1 aromatic rings. The van der Waals surface area contributed by atoms with Gasteiger partial charge in [-0.15, -0.1) is 0 Å². The first kappa shape index (κ1) is 10.2. The maximum Gasteiger partial charge on any atom is 0.252 e. The Morgan fingerprint density at radius 2 is 2.31 bits per heavy atom. The summed E-state index contributed by atoms with van der Waals surface area (Å²) in [7, 11) is 0. The molecule has 0 amide bonds. The highest BCUT2D eigenvalue weighted by molar-refractivity contribution is 4.99. The SMILES string of the molecule is CC1(OCc2nc(C3CCC3)no2)CNC1. The van der Waals surface area contributed by atoms with Crippen molar-refractivity contribution in [3.8, 4) is 0 Å². The average molecular weight is 223 g/mol. The standard InChI is InChI=1S/C11H17N3O2/c1-11(6-12-7-11)15-5-9-13-10(14-16-9)8-3-2-4-8/h8,12H,2-7H2,1H3. The number of ether oxygens (including phenoxy) is 1. The molecular formula is C11H17N3O2. The summed E-state index contributed by atoms with van der Waals surface area (Å²) >= 11 is 0. The Morgan fingerprint density at radius 1 is 1.50 bits per heavy atom. The normalized spacial score (nSPS) is 23.8. The van der Waals surface area contributed by atoms with Crippen LogP contribution in [0.25, 0.3) is 0 Å². The van der Waals surface area contributed by atoms with Gasteiger partial charge in [-0.3, -0.25) is 0 Å². The van der Waals surface area contributed by atoms with E-state index in [9.17, 15) is 0 Å². The Balaban J connectivity index is 1.55. The molecule has 2 heterocycles. The van der Waals surface area contributed by atoms with Crippen LogP contribution in [-0.4, -0.2) is 28.8 Å². The molecule has 1 saturated carbocycles. The second kappa shape index (κ2) is 3.82. The van der Waals surface area contributed by atoms with Crippen LogP contribution in [0.3, 0.4) is 0 Å². The number of nitrogens with zero attached hydrogens (tertiary/aromatic N) is 2. The predicted octanol–water partition coefficient (Wildman–Crippen LogP) is 1.22. The van der Waals surface area contributed by atoms with Gasteiger partial charge in [-0.05, 0) is 19.8 Å². The van der Waals surface area contributed by atoms with E-state index in [-0.39, 0.29) is 5.60 Å². The molecule has 1 aliphatic heterocycles. The maximum absolute atomic E-state index is 5.74. The summed E-state index contributed by atoms with van der Waals surface area (Å²) in [6.07, 6.45) is 3.68. The van der Waals surface area contributed by atoms with Gasteiger partial charge in [0, 0.05) is 19.0 Å². The van der Waals surface area contributed by atoms with Gasteiger partial charge in [0.1, 0.15) is 6.61 Å². The quantitative estimate of drug-likeness (QED) is 0.831. The lowest BCUT2D eigenvalue weighted by Gasteiger charge is -2.38. The zero-order valence-corrected chi connectivity index (χ0v) is 9.53. The first-order valence-corrected chi connectivity index (χ1v) is 5.92. The van der Waals surface area contributed by atoms with Gasteiger partial charge in [-0.1, -0.05) is 11.6 Å². The van der Waals surface area contributed by atoms with Crippen LogP contribution in [0, 0.1) is 0 Å². The highest BCUT2D eigenvalue weighted by Gasteiger charge is 2.33. The third-order valence-corrected chi connectivity index (χ3v) is 3.50. The molecule has 0 atom stereocenters. The van der Waals surface area contributed by atoms with Crippen molar-refractivity contribution in [1.82, 2.24) is 15.5 Å². The smallest absolute Gasteiger partial charge is 0.252 e. The molecule has 88 valence electrons. The Morgan fingerprint density at radius 3 is 2.88 bits per heavy atom. The minimum Gasteiger partial charge on any atom is -0.363 e. The zero-order valence-electron chi connectivity index (χ0n) is 9.53. The third kappa shape index (κ3) is 1.85. The lowest BCUT2D eigenvalue weighted by Crippen LogP contribution is -2.58. The molecule has 2 fully saturated rings. The minimum absolute atomic E-state index is 0.0505. The maximum atomic E-state index is 5.74. The van der Waals surface area contributed by atoms with Crippen molar-refractivity contribution < 1.29 is 9.26 Å². The molecule has 3 rings (SSSR count). The number of nitrogens with one attached hydrogen (secondary N) is 1. The summed E-state index contributed by atoms with van der Waals surface area (Å²) in [4.78, 5) is 4.37. The molecule has 1 saturated heterocycles. The van der Waals surface area contributed by atoms with E-state index in [0.717, 1.165) is 18.9 Å². The zero-order chi connectivity index (χ0) is 11.0. The van der Waals surface area contributed by atoms with Crippen LogP contribution in [0.15, 0.2) is 4.52 Å². The summed E-state index contributed by atoms with van der Waals surface area (Å²) in [6.45, 7) is 4.32. The third-order valence-electron chi connectivity index (χ3n) is 3.50. The molecule has 1 N–H and O–H groups in total. The fourth-order valence-corrected chi connectivity index (χ4v) is 1.97. The van der Waals surface area contributed by atoms with Gasteiger partial charge in [0.2, 0.25) is 0 Å². The van der Waals surface area contributed by atoms with Gasteiger partial charge in [0.05, 0.1) is 5.60 Å². The van der Waals surface area contributed by atoms with Gasteiger partial charge < -0.3 is 14.6 Å². The van der Waals surface area contributed by atoms with Gasteiger partial charge in [-0.2, -0.15) is 4.98 Å². The van der Waals surface area contributed by atoms with Gasteiger partial charge >= 0.3 is 0 Å². The van der Waals surface area contributed by atoms with Crippen LogP contribution in [0.2, 0.25) is 0 Å². The van der Waals surface area contributed by atoms with E-state index in [4.69, 9.17) is 9.26 Å². The molecule has 5 nitrogen and oxygen atoms in total. The van der Waals surface area contributed by atoms with E-state index in [1.165, 1.54) is 19.3 Å². The molecule has 16 heavy (non-hydrogen) atoms. The fraction of sp³-hybridized carbons (Fsp3) is 0.818. The topological polar surface area (TPSA) is 60.2 Å². The second-order valence-electron chi connectivity index (χ2n) is 5.02.